The zero-order valence-corrected chi connectivity index (χ0v) is 12.5. The van der Waals surface area contributed by atoms with Gasteiger partial charge in [-0.2, -0.15) is 0 Å². The first kappa shape index (κ1) is 15.0. The van der Waals surface area contributed by atoms with Gasteiger partial charge in [0.25, 0.3) is 0 Å². The van der Waals surface area contributed by atoms with Crippen molar-refractivity contribution < 1.29 is 4.79 Å². The normalized spacial score (nSPS) is 10.2. The Hall–Kier alpha value is -2.36. The number of hydrogen-bond acceptors (Lipinski definition) is 3. The van der Waals surface area contributed by atoms with Crippen molar-refractivity contribution in [1.82, 2.24) is 4.98 Å². The molecule has 0 aliphatic rings. The Morgan fingerprint density at radius 3 is 2.48 bits per heavy atom. The van der Waals surface area contributed by atoms with Gasteiger partial charge in [-0.15, -0.1) is 0 Å². The van der Waals surface area contributed by atoms with E-state index in [9.17, 15) is 4.79 Å². The van der Waals surface area contributed by atoms with Gasteiger partial charge < -0.3 is 10.2 Å². The maximum atomic E-state index is 11.3. The fourth-order valence-corrected chi connectivity index (χ4v) is 2.07. The van der Waals surface area contributed by atoms with Crippen LogP contribution in [0.15, 0.2) is 48.7 Å². The number of rotatable bonds is 6. The Bertz CT molecular complexity index is 566. The molecule has 21 heavy (non-hydrogen) atoms. The molecule has 0 bridgehead atoms. The minimum Gasteiger partial charge on any atom is -0.366 e. The van der Waals surface area contributed by atoms with Crippen LogP contribution in [0, 0.1) is 0 Å². The lowest BCUT2D eigenvalue weighted by Gasteiger charge is -2.23. The highest BCUT2D eigenvalue weighted by atomic mass is 16.1. The summed E-state index contributed by atoms with van der Waals surface area (Å²) in [7, 11) is 0. The largest absolute Gasteiger partial charge is 0.366 e. The maximum Gasteiger partial charge on any atom is 0.225 e. The van der Waals surface area contributed by atoms with Gasteiger partial charge in [-0.1, -0.05) is 37.3 Å². The number of nitrogens with one attached hydrogen (secondary N) is 1. The summed E-state index contributed by atoms with van der Waals surface area (Å²) in [5.74, 6) is 0.577. The first-order valence-corrected chi connectivity index (χ1v) is 7.27. The van der Waals surface area contributed by atoms with Crippen LogP contribution in [-0.2, 0) is 11.3 Å². The van der Waals surface area contributed by atoms with Gasteiger partial charge in [-0.05, 0) is 24.6 Å². The SMILES string of the molecule is CCC(=O)Nc1ccc(N(CC)Cc2ccccc2)cn1. The molecule has 4 nitrogen and oxygen atoms in total. The molecule has 1 amide bonds. The van der Waals surface area contributed by atoms with Crippen LogP contribution in [0.2, 0.25) is 0 Å². The standard InChI is InChI=1S/C17H21N3O/c1-3-17(21)19-16-11-10-15(12-18-16)20(4-2)13-14-8-6-5-7-9-14/h5-12H,3-4,13H2,1-2H3,(H,18,19,21). The summed E-state index contributed by atoms with van der Waals surface area (Å²) < 4.78 is 0. The monoisotopic (exact) mass is 283 g/mol. The van der Waals surface area contributed by atoms with Crippen molar-refractivity contribution in [1.29, 1.82) is 0 Å². The first-order chi connectivity index (χ1) is 10.2. The van der Waals surface area contributed by atoms with Gasteiger partial charge in [-0.3, -0.25) is 4.79 Å². The number of aromatic nitrogens is 1. The molecule has 2 rings (SSSR count). The molecule has 0 aliphatic carbocycles. The summed E-state index contributed by atoms with van der Waals surface area (Å²) >= 11 is 0. The molecule has 0 radical (unpaired) electrons. The van der Waals surface area contributed by atoms with E-state index in [1.807, 2.05) is 37.3 Å². The summed E-state index contributed by atoms with van der Waals surface area (Å²) in [6.07, 6.45) is 2.26. The molecular weight excluding hydrogens is 262 g/mol. The highest BCUT2D eigenvalue weighted by Crippen LogP contribution is 2.17. The van der Waals surface area contributed by atoms with Crippen molar-refractivity contribution in [3.8, 4) is 0 Å². The van der Waals surface area contributed by atoms with E-state index >= 15 is 0 Å². The number of anilines is 2. The van der Waals surface area contributed by atoms with Crippen LogP contribution in [0.5, 0.6) is 0 Å². The molecule has 110 valence electrons. The Morgan fingerprint density at radius 2 is 1.90 bits per heavy atom. The minimum atomic E-state index is -0.0214. The molecule has 0 atom stereocenters. The van der Waals surface area contributed by atoms with Crippen LogP contribution in [0.1, 0.15) is 25.8 Å². The van der Waals surface area contributed by atoms with Gasteiger partial charge in [-0.25, -0.2) is 4.98 Å². The summed E-state index contributed by atoms with van der Waals surface area (Å²) in [6, 6.07) is 14.2. The third-order valence-electron chi connectivity index (χ3n) is 3.30. The summed E-state index contributed by atoms with van der Waals surface area (Å²) in [6.45, 7) is 5.69. The second-order valence-electron chi connectivity index (χ2n) is 4.80. The lowest BCUT2D eigenvalue weighted by Crippen LogP contribution is -2.22. The molecule has 2 aromatic rings. The second kappa shape index (κ2) is 7.43. The predicted octanol–water partition coefficient (Wildman–Crippen LogP) is 3.46. The van der Waals surface area contributed by atoms with Crippen LogP contribution in [-0.4, -0.2) is 17.4 Å². The van der Waals surface area contributed by atoms with Crippen molar-refractivity contribution in [2.45, 2.75) is 26.8 Å². The second-order valence-corrected chi connectivity index (χ2v) is 4.80. The maximum absolute atomic E-state index is 11.3. The molecule has 0 saturated carbocycles. The van der Waals surface area contributed by atoms with E-state index in [0.717, 1.165) is 18.8 Å². The van der Waals surface area contributed by atoms with Crippen molar-refractivity contribution in [3.05, 3.63) is 54.2 Å². The molecule has 1 heterocycles. The Kier molecular flexibility index (Phi) is 5.32. The molecule has 1 aromatic heterocycles. The van der Waals surface area contributed by atoms with Crippen LogP contribution >= 0.6 is 0 Å². The first-order valence-electron chi connectivity index (χ1n) is 7.27. The third-order valence-corrected chi connectivity index (χ3v) is 3.30. The highest BCUT2D eigenvalue weighted by Gasteiger charge is 2.06. The van der Waals surface area contributed by atoms with E-state index in [4.69, 9.17) is 0 Å². The number of carbonyl (C=O) groups is 1. The van der Waals surface area contributed by atoms with Crippen LogP contribution < -0.4 is 10.2 Å². The van der Waals surface area contributed by atoms with E-state index < -0.39 is 0 Å². The van der Waals surface area contributed by atoms with Crippen molar-refractivity contribution in [3.63, 3.8) is 0 Å². The van der Waals surface area contributed by atoms with Gasteiger partial charge >= 0.3 is 0 Å². The van der Waals surface area contributed by atoms with Gasteiger partial charge in [0, 0.05) is 19.5 Å². The van der Waals surface area contributed by atoms with Gasteiger partial charge in [0.05, 0.1) is 11.9 Å². The molecule has 0 saturated heterocycles. The number of benzene rings is 1. The number of carbonyl (C=O) groups excluding carboxylic acids is 1. The Labute approximate surface area is 125 Å². The third kappa shape index (κ3) is 4.31. The average Bonchev–Trinajstić information content (AvgIpc) is 2.54. The molecular formula is C17H21N3O. The van der Waals surface area contributed by atoms with Gasteiger partial charge in [0.2, 0.25) is 5.91 Å². The molecule has 1 N–H and O–H groups in total. The zero-order chi connectivity index (χ0) is 15.1. The lowest BCUT2D eigenvalue weighted by molar-refractivity contribution is -0.115. The molecule has 0 fully saturated rings. The Balaban J connectivity index is 2.06. The summed E-state index contributed by atoms with van der Waals surface area (Å²) in [5.41, 5.74) is 2.32. The van der Waals surface area contributed by atoms with E-state index in [2.05, 4.69) is 34.3 Å². The lowest BCUT2D eigenvalue weighted by atomic mass is 10.2. The zero-order valence-electron chi connectivity index (χ0n) is 12.5. The van der Waals surface area contributed by atoms with Crippen molar-refractivity contribution in [2.75, 3.05) is 16.8 Å². The smallest absolute Gasteiger partial charge is 0.225 e. The Morgan fingerprint density at radius 1 is 1.14 bits per heavy atom. The van der Waals surface area contributed by atoms with E-state index in [1.54, 1.807) is 6.20 Å². The number of hydrogen-bond donors (Lipinski definition) is 1. The molecule has 0 unspecified atom stereocenters. The van der Waals surface area contributed by atoms with Gasteiger partial charge in [0.15, 0.2) is 0 Å². The molecule has 0 aliphatic heterocycles. The number of pyridine rings is 1. The molecule has 1 aromatic carbocycles. The average molecular weight is 283 g/mol. The minimum absolute atomic E-state index is 0.0214. The van der Waals surface area contributed by atoms with Crippen LogP contribution in [0.4, 0.5) is 11.5 Å². The van der Waals surface area contributed by atoms with Crippen LogP contribution in [0.3, 0.4) is 0 Å². The number of nitrogens with zero attached hydrogens (tertiary/aromatic N) is 2. The molecule has 0 spiro atoms. The van der Waals surface area contributed by atoms with E-state index in [1.165, 1.54) is 5.56 Å². The van der Waals surface area contributed by atoms with Crippen molar-refractivity contribution in [2.24, 2.45) is 0 Å². The summed E-state index contributed by atoms with van der Waals surface area (Å²) in [4.78, 5) is 17.9. The van der Waals surface area contributed by atoms with E-state index in [0.29, 0.717) is 12.2 Å². The number of amides is 1. The quantitative estimate of drug-likeness (QED) is 0.883. The fourth-order valence-electron chi connectivity index (χ4n) is 2.07. The highest BCUT2D eigenvalue weighted by molar-refractivity contribution is 5.89. The predicted molar refractivity (Wildman–Crippen MR) is 86.3 cm³/mol. The van der Waals surface area contributed by atoms with Crippen LogP contribution in [0.25, 0.3) is 0 Å². The fraction of sp³-hybridized carbons (Fsp3) is 0.294. The topological polar surface area (TPSA) is 45.2 Å². The van der Waals surface area contributed by atoms with Crippen molar-refractivity contribution >= 4 is 17.4 Å². The summed E-state index contributed by atoms with van der Waals surface area (Å²) in [5, 5.41) is 2.76. The molecule has 4 heteroatoms. The van der Waals surface area contributed by atoms with E-state index in [-0.39, 0.29) is 5.91 Å². The van der Waals surface area contributed by atoms with Gasteiger partial charge in [0.1, 0.15) is 5.82 Å².